The first-order valence-electron chi connectivity index (χ1n) is 9.09. The topological polar surface area (TPSA) is 64.1 Å². The van der Waals surface area contributed by atoms with Gasteiger partial charge in [-0.05, 0) is 50.6 Å². The molecule has 0 aliphatic carbocycles. The van der Waals surface area contributed by atoms with E-state index in [0.29, 0.717) is 24.9 Å². The number of guanidine groups is 1. The second-order valence-corrected chi connectivity index (χ2v) is 6.16. The van der Waals surface area contributed by atoms with Crippen LogP contribution >= 0.6 is 24.0 Å². The number of hydrogen-bond acceptors (Lipinski definition) is 4. The Hall–Kier alpha value is -2.16. The van der Waals surface area contributed by atoms with E-state index in [0.717, 1.165) is 22.7 Å². The summed E-state index contributed by atoms with van der Waals surface area (Å²) in [6.45, 7) is 7.21. The molecule has 0 aromatic heterocycles. The molecule has 0 amide bonds. The largest absolute Gasteiger partial charge is 0.493 e. The van der Waals surface area contributed by atoms with Gasteiger partial charge in [-0.15, -0.1) is 24.0 Å². The minimum absolute atomic E-state index is 0. The van der Waals surface area contributed by atoms with Crippen LogP contribution in [-0.4, -0.2) is 32.8 Å². The number of hydrogen-bond donors (Lipinski definition) is 2. The lowest BCUT2D eigenvalue weighted by Gasteiger charge is -2.15. The third-order valence-electron chi connectivity index (χ3n) is 3.70. The number of methoxy groups -OCH3 is 1. The quantitative estimate of drug-likeness (QED) is 0.314. The van der Waals surface area contributed by atoms with Crippen molar-refractivity contribution in [3.63, 3.8) is 0 Å². The van der Waals surface area contributed by atoms with E-state index >= 15 is 0 Å². The van der Waals surface area contributed by atoms with Crippen LogP contribution in [0.4, 0.5) is 5.69 Å². The summed E-state index contributed by atoms with van der Waals surface area (Å²) in [5.74, 6) is 2.94. The highest BCUT2D eigenvalue weighted by atomic mass is 127. The first-order valence-corrected chi connectivity index (χ1v) is 9.09. The second kappa shape index (κ2) is 12.3. The second-order valence-electron chi connectivity index (χ2n) is 6.16. The molecule has 0 aliphatic rings. The smallest absolute Gasteiger partial charge is 0.195 e. The number of halogens is 1. The fourth-order valence-electron chi connectivity index (χ4n) is 2.48. The highest BCUT2D eigenvalue weighted by Crippen LogP contribution is 2.30. The summed E-state index contributed by atoms with van der Waals surface area (Å²) in [6, 6.07) is 13.7. The minimum atomic E-state index is 0. The molecule has 6 nitrogen and oxygen atoms in total. The lowest BCUT2D eigenvalue weighted by Crippen LogP contribution is -2.30. The average Bonchev–Trinajstić information content (AvgIpc) is 2.67. The van der Waals surface area contributed by atoms with Crippen molar-refractivity contribution < 1.29 is 14.2 Å². The lowest BCUT2D eigenvalue weighted by atomic mass is 10.2. The average molecular weight is 499 g/mol. The van der Waals surface area contributed by atoms with Gasteiger partial charge in [0.1, 0.15) is 5.75 Å². The van der Waals surface area contributed by atoms with Gasteiger partial charge in [0.05, 0.1) is 19.8 Å². The van der Waals surface area contributed by atoms with Crippen molar-refractivity contribution in [3.8, 4) is 17.2 Å². The Morgan fingerprint density at radius 1 is 1.07 bits per heavy atom. The molecule has 2 N–H and O–H groups in total. The van der Waals surface area contributed by atoms with Crippen molar-refractivity contribution in [1.29, 1.82) is 0 Å². The highest BCUT2D eigenvalue weighted by Gasteiger charge is 2.07. The van der Waals surface area contributed by atoms with E-state index in [1.165, 1.54) is 0 Å². The van der Waals surface area contributed by atoms with Crippen LogP contribution in [0.2, 0.25) is 0 Å². The van der Waals surface area contributed by atoms with E-state index < -0.39 is 0 Å². The summed E-state index contributed by atoms with van der Waals surface area (Å²) < 4.78 is 16.6. The van der Waals surface area contributed by atoms with Gasteiger partial charge in [0.15, 0.2) is 17.5 Å². The van der Waals surface area contributed by atoms with Crippen molar-refractivity contribution in [2.24, 2.45) is 4.99 Å². The molecule has 0 unspecified atom stereocenters. The third kappa shape index (κ3) is 7.46. The molecule has 0 radical (unpaired) electrons. The highest BCUT2D eigenvalue weighted by molar-refractivity contribution is 14.0. The van der Waals surface area contributed by atoms with Crippen LogP contribution in [0, 0.1) is 0 Å². The van der Waals surface area contributed by atoms with Gasteiger partial charge in [-0.1, -0.05) is 12.1 Å². The zero-order valence-corrected chi connectivity index (χ0v) is 19.4. The minimum Gasteiger partial charge on any atom is -0.493 e. The van der Waals surface area contributed by atoms with Crippen molar-refractivity contribution >= 4 is 35.6 Å². The van der Waals surface area contributed by atoms with Gasteiger partial charge < -0.3 is 24.8 Å². The molecule has 0 heterocycles. The number of nitrogens with zero attached hydrogens (tertiary/aromatic N) is 1. The number of benzene rings is 2. The molecule has 28 heavy (non-hydrogen) atoms. The number of anilines is 1. The van der Waals surface area contributed by atoms with Gasteiger partial charge >= 0.3 is 0 Å². The van der Waals surface area contributed by atoms with Gasteiger partial charge in [-0.25, -0.2) is 0 Å². The summed E-state index contributed by atoms with van der Waals surface area (Å²) in [4.78, 5) is 4.27. The molecule has 0 saturated heterocycles. The number of aliphatic imine (C=N–C) groups is 1. The Balaban J connectivity index is 0.00000392. The third-order valence-corrected chi connectivity index (χ3v) is 3.70. The molecule has 2 aromatic rings. The van der Waals surface area contributed by atoms with Crippen LogP contribution in [0.15, 0.2) is 47.5 Å². The summed E-state index contributed by atoms with van der Waals surface area (Å²) in [5, 5.41) is 6.56. The zero-order chi connectivity index (χ0) is 19.6. The van der Waals surface area contributed by atoms with Crippen LogP contribution in [0.25, 0.3) is 0 Å². The molecule has 0 aliphatic heterocycles. The molecule has 0 fully saturated rings. The number of rotatable bonds is 8. The van der Waals surface area contributed by atoms with Crippen molar-refractivity contribution in [2.45, 2.75) is 33.4 Å². The van der Waals surface area contributed by atoms with E-state index in [1.54, 1.807) is 14.2 Å². The van der Waals surface area contributed by atoms with E-state index in [2.05, 4.69) is 15.6 Å². The standard InChI is InChI=1S/C21H29N3O3.HI/c1-6-26-19-12-9-17(13-20(19)25-5)24-21(22-4)23-14-16-7-10-18(11-8-16)27-15(2)3;/h7-13,15H,6,14H2,1-5H3,(H2,22,23,24);1H. The Labute approximate surface area is 184 Å². The predicted octanol–water partition coefficient (Wildman–Crippen LogP) is 4.69. The fraction of sp³-hybridized carbons (Fsp3) is 0.381. The Morgan fingerprint density at radius 2 is 1.79 bits per heavy atom. The van der Waals surface area contributed by atoms with E-state index in [-0.39, 0.29) is 30.1 Å². The van der Waals surface area contributed by atoms with Crippen LogP contribution in [-0.2, 0) is 6.54 Å². The van der Waals surface area contributed by atoms with Gasteiger partial charge in [0.25, 0.3) is 0 Å². The molecule has 7 heteroatoms. The first kappa shape index (κ1) is 23.9. The van der Waals surface area contributed by atoms with Crippen LogP contribution in [0.1, 0.15) is 26.3 Å². The summed E-state index contributed by atoms with van der Waals surface area (Å²) in [5.41, 5.74) is 2.00. The maximum Gasteiger partial charge on any atom is 0.195 e. The molecular formula is C21H30IN3O3. The van der Waals surface area contributed by atoms with E-state index in [9.17, 15) is 0 Å². The Bertz CT molecular complexity index is 749. The molecule has 0 spiro atoms. The lowest BCUT2D eigenvalue weighted by molar-refractivity contribution is 0.242. The molecule has 2 rings (SSSR count). The number of ether oxygens (including phenoxy) is 3. The van der Waals surface area contributed by atoms with Crippen LogP contribution in [0.5, 0.6) is 17.2 Å². The fourth-order valence-corrected chi connectivity index (χ4v) is 2.48. The van der Waals surface area contributed by atoms with Gasteiger partial charge in [-0.2, -0.15) is 0 Å². The van der Waals surface area contributed by atoms with Crippen LogP contribution in [0.3, 0.4) is 0 Å². The monoisotopic (exact) mass is 499 g/mol. The Morgan fingerprint density at radius 3 is 2.36 bits per heavy atom. The molecule has 0 saturated carbocycles. The SMILES string of the molecule is CCOc1ccc(NC(=NC)NCc2ccc(OC(C)C)cc2)cc1OC.I. The number of nitrogens with one attached hydrogen (secondary N) is 2. The first-order chi connectivity index (χ1) is 13.0. The van der Waals surface area contributed by atoms with Crippen molar-refractivity contribution in [2.75, 3.05) is 26.1 Å². The van der Waals surface area contributed by atoms with Crippen LogP contribution < -0.4 is 24.8 Å². The maximum atomic E-state index is 5.67. The molecule has 2 aromatic carbocycles. The molecule has 0 bridgehead atoms. The van der Waals surface area contributed by atoms with Gasteiger partial charge in [0, 0.05) is 25.3 Å². The van der Waals surface area contributed by atoms with Crippen molar-refractivity contribution in [3.05, 3.63) is 48.0 Å². The molecule has 0 atom stereocenters. The summed E-state index contributed by atoms with van der Waals surface area (Å²) in [6.07, 6.45) is 0.170. The summed E-state index contributed by atoms with van der Waals surface area (Å²) >= 11 is 0. The van der Waals surface area contributed by atoms with Crippen molar-refractivity contribution in [1.82, 2.24) is 5.32 Å². The van der Waals surface area contributed by atoms with Gasteiger partial charge in [-0.3, -0.25) is 4.99 Å². The Kier molecular flexibility index (Phi) is 10.5. The van der Waals surface area contributed by atoms with E-state index in [1.807, 2.05) is 63.2 Å². The normalized spacial score (nSPS) is 10.9. The maximum absolute atomic E-state index is 5.67. The van der Waals surface area contributed by atoms with Gasteiger partial charge in [0.2, 0.25) is 0 Å². The summed E-state index contributed by atoms with van der Waals surface area (Å²) in [7, 11) is 3.36. The molecular weight excluding hydrogens is 469 g/mol. The molecule has 154 valence electrons. The predicted molar refractivity (Wildman–Crippen MR) is 126 cm³/mol. The zero-order valence-electron chi connectivity index (χ0n) is 17.1. The van der Waals surface area contributed by atoms with E-state index in [4.69, 9.17) is 14.2 Å².